The molecule has 0 radical (unpaired) electrons. The maximum atomic E-state index is 12.3. The molecule has 1 atom stereocenters. The molecule has 3 rings (SSSR count). The molecule has 3 heterocycles. The van der Waals surface area contributed by atoms with Gasteiger partial charge in [0.05, 0.1) is 12.3 Å². The van der Waals surface area contributed by atoms with Crippen LogP contribution in [0.15, 0.2) is 33.0 Å². The summed E-state index contributed by atoms with van der Waals surface area (Å²) in [6.45, 7) is 2.67. The Bertz CT molecular complexity index is 620. The van der Waals surface area contributed by atoms with E-state index in [1.165, 1.54) is 19.3 Å². The van der Waals surface area contributed by atoms with Crippen molar-refractivity contribution in [3.05, 3.63) is 24.2 Å². The van der Waals surface area contributed by atoms with Crippen molar-refractivity contribution in [2.75, 3.05) is 19.6 Å². The first kappa shape index (κ1) is 17.7. The Balaban J connectivity index is 1.47. The van der Waals surface area contributed by atoms with Gasteiger partial charge in [0.2, 0.25) is 5.91 Å². The maximum absolute atomic E-state index is 12.3. The zero-order valence-corrected chi connectivity index (χ0v) is 14.6. The molecule has 25 heavy (non-hydrogen) atoms. The number of carbonyl (C=O) groups excluding carboxylic acids is 1. The van der Waals surface area contributed by atoms with Crippen LogP contribution in [0.2, 0.25) is 0 Å². The maximum Gasteiger partial charge on any atom is 0.220 e. The summed E-state index contributed by atoms with van der Waals surface area (Å²) >= 11 is 0. The highest BCUT2D eigenvalue weighted by atomic mass is 16.3. The van der Waals surface area contributed by atoms with E-state index in [2.05, 4.69) is 26.4 Å². The molecule has 1 aromatic rings. The lowest BCUT2D eigenvalue weighted by atomic mass is 10.0. The number of terminal acetylenes is 1. The number of hydrogen-bond donors (Lipinski definition) is 1. The number of furan rings is 1. The van der Waals surface area contributed by atoms with Gasteiger partial charge in [-0.05, 0) is 38.1 Å². The molecular weight excluding hydrogens is 316 g/mol. The van der Waals surface area contributed by atoms with Gasteiger partial charge in [-0.25, -0.2) is 0 Å². The second kappa shape index (κ2) is 8.30. The summed E-state index contributed by atoms with van der Waals surface area (Å²) < 4.78 is 5.61. The van der Waals surface area contributed by atoms with Crippen LogP contribution in [-0.2, 0) is 4.79 Å². The lowest BCUT2D eigenvalue weighted by Crippen LogP contribution is -2.40. The van der Waals surface area contributed by atoms with Crippen LogP contribution >= 0.6 is 0 Å². The van der Waals surface area contributed by atoms with Crippen LogP contribution in [0, 0.1) is 12.3 Å². The van der Waals surface area contributed by atoms with E-state index in [1.807, 2.05) is 12.1 Å². The molecule has 0 aliphatic carbocycles. The smallest absolute Gasteiger partial charge is 0.220 e. The van der Waals surface area contributed by atoms with Crippen LogP contribution in [0.4, 0.5) is 0 Å². The highest BCUT2D eigenvalue weighted by molar-refractivity contribution is 5.76. The summed E-state index contributed by atoms with van der Waals surface area (Å²) in [5, 5.41) is 11.2. The van der Waals surface area contributed by atoms with Gasteiger partial charge in [0.15, 0.2) is 5.66 Å². The van der Waals surface area contributed by atoms with Gasteiger partial charge in [0.25, 0.3) is 0 Å². The van der Waals surface area contributed by atoms with E-state index in [0.29, 0.717) is 25.8 Å². The summed E-state index contributed by atoms with van der Waals surface area (Å²) in [5.74, 6) is 3.56. The van der Waals surface area contributed by atoms with Gasteiger partial charge in [-0.3, -0.25) is 9.69 Å². The zero-order valence-electron chi connectivity index (χ0n) is 14.6. The van der Waals surface area contributed by atoms with Crippen LogP contribution in [0.1, 0.15) is 56.7 Å². The van der Waals surface area contributed by atoms with Gasteiger partial charge in [0, 0.05) is 32.2 Å². The van der Waals surface area contributed by atoms with E-state index in [0.717, 1.165) is 25.3 Å². The molecule has 134 valence electrons. The van der Waals surface area contributed by atoms with Gasteiger partial charge >= 0.3 is 0 Å². The molecular formula is C19H26N4O2. The second-order valence-corrected chi connectivity index (χ2v) is 6.82. The molecule has 1 fully saturated rings. The molecule has 2 aliphatic heterocycles. The minimum Gasteiger partial charge on any atom is -0.468 e. The fraction of sp³-hybridized carbons (Fsp3) is 0.632. The van der Waals surface area contributed by atoms with Gasteiger partial charge < -0.3 is 9.73 Å². The number of likely N-dealkylation sites (tertiary alicyclic amines) is 1. The van der Waals surface area contributed by atoms with Crippen molar-refractivity contribution in [3.8, 4) is 12.3 Å². The van der Waals surface area contributed by atoms with Gasteiger partial charge in [-0.1, -0.05) is 6.42 Å². The SMILES string of the molecule is C#CCCC1(CCC(=O)NCC(c2ccco2)N2CCCCC2)N=N1. The Hall–Kier alpha value is -2.13. The molecule has 1 amide bonds. The van der Waals surface area contributed by atoms with E-state index >= 15 is 0 Å². The number of nitrogens with one attached hydrogen (secondary N) is 1. The molecule has 6 nitrogen and oxygen atoms in total. The molecule has 6 heteroatoms. The molecule has 1 aromatic heterocycles. The number of nitrogens with zero attached hydrogens (tertiary/aromatic N) is 3. The van der Waals surface area contributed by atoms with E-state index in [9.17, 15) is 4.79 Å². The highest BCUT2D eigenvalue weighted by Gasteiger charge is 2.39. The Labute approximate surface area is 149 Å². The molecule has 1 saturated heterocycles. The summed E-state index contributed by atoms with van der Waals surface area (Å²) in [4.78, 5) is 14.7. The quantitative estimate of drug-likeness (QED) is 0.700. The Morgan fingerprint density at radius 3 is 2.80 bits per heavy atom. The first-order valence-electron chi connectivity index (χ1n) is 9.14. The fourth-order valence-corrected chi connectivity index (χ4v) is 3.40. The summed E-state index contributed by atoms with van der Waals surface area (Å²) in [6.07, 6.45) is 13.1. The average Bonchev–Trinajstić information content (AvgIpc) is 3.22. The molecule has 0 spiro atoms. The predicted molar refractivity (Wildman–Crippen MR) is 94.8 cm³/mol. The van der Waals surface area contributed by atoms with Crippen LogP contribution < -0.4 is 5.32 Å². The van der Waals surface area contributed by atoms with Crippen molar-refractivity contribution in [2.24, 2.45) is 10.2 Å². The topological polar surface area (TPSA) is 70.2 Å². The van der Waals surface area contributed by atoms with E-state index in [4.69, 9.17) is 10.8 Å². The number of piperidine rings is 1. The van der Waals surface area contributed by atoms with Crippen molar-refractivity contribution in [3.63, 3.8) is 0 Å². The lowest BCUT2D eigenvalue weighted by molar-refractivity contribution is -0.121. The monoisotopic (exact) mass is 342 g/mol. The Kier molecular flexibility index (Phi) is 5.87. The third kappa shape index (κ3) is 4.93. The third-order valence-corrected chi connectivity index (χ3v) is 5.00. The number of carbonyl (C=O) groups is 1. The third-order valence-electron chi connectivity index (χ3n) is 5.00. The second-order valence-electron chi connectivity index (χ2n) is 6.82. The summed E-state index contributed by atoms with van der Waals surface area (Å²) in [7, 11) is 0. The standard InChI is InChI=1S/C19H26N4O2/c1-2-3-10-19(21-22-19)11-9-18(24)20-15-16(17-8-7-14-25-17)23-12-5-4-6-13-23/h1,7-8,14,16H,3-6,9-13,15H2,(H,20,24). The fourth-order valence-electron chi connectivity index (χ4n) is 3.40. The van der Waals surface area contributed by atoms with Crippen LogP contribution in [0.3, 0.4) is 0 Å². The van der Waals surface area contributed by atoms with Crippen LogP contribution in [-0.4, -0.2) is 36.1 Å². The largest absolute Gasteiger partial charge is 0.468 e. The van der Waals surface area contributed by atoms with Crippen molar-refractivity contribution in [1.29, 1.82) is 0 Å². The summed E-state index contributed by atoms with van der Waals surface area (Å²) in [5.41, 5.74) is -0.392. The van der Waals surface area contributed by atoms with Crippen LogP contribution in [0.5, 0.6) is 0 Å². The molecule has 0 bridgehead atoms. The lowest BCUT2D eigenvalue weighted by Gasteiger charge is -2.33. The Morgan fingerprint density at radius 2 is 2.16 bits per heavy atom. The van der Waals surface area contributed by atoms with Crippen molar-refractivity contribution < 1.29 is 9.21 Å². The minimum absolute atomic E-state index is 0.0333. The van der Waals surface area contributed by atoms with Crippen molar-refractivity contribution in [2.45, 2.75) is 56.7 Å². The molecule has 1 unspecified atom stereocenters. The van der Waals surface area contributed by atoms with E-state index in [1.54, 1.807) is 6.26 Å². The number of amides is 1. The van der Waals surface area contributed by atoms with Gasteiger partial charge in [-0.15, -0.1) is 12.3 Å². The van der Waals surface area contributed by atoms with Crippen LogP contribution in [0.25, 0.3) is 0 Å². The number of rotatable bonds is 9. The average molecular weight is 342 g/mol. The Morgan fingerprint density at radius 1 is 1.36 bits per heavy atom. The first-order valence-corrected chi connectivity index (χ1v) is 9.14. The molecule has 0 aromatic carbocycles. The van der Waals surface area contributed by atoms with E-state index in [-0.39, 0.29) is 11.9 Å². The molecule has 0 saturated carbocycles. The number of hydrogen-bond acceptors (Lipinski definition) is 5. The van der Waals surface area contributed by atoms with Gasteiger partial charge in [-0.2, -0.15) is 10.2 Å². The molecule has 2 aliphatic rings. The van der Waals surface area contributed by atoms with Gasteiger partial charge in [0.1, 0.15) is 5.76 Å². The normalized spacial score (nSPS) is 20.0. The zero-order chi connectivity index (χ0) is 17.5. The molecule has 1 N–H and O–H groups in total. The first-order chi connectivity index (χ1) is 12.2. The van der Waals surface area contributed by atoms with Crippen molar-refractivity contribution in [1.82, 2.24) is 10.2 Å². The van der Waals surface area contributed by atoms with E-state index < -0.39 is 5.66 Å². The highest BCUT2D eigenvalue weighted by Crippen LogP contribution is 2.37. The minimum atomic E-state index is -0.392. The summed E-state index contributed by atoms with van der Waals surface area (Å²) in [6, 6.07) is 3.99. The van der Waals surface area contributed by atoms with Crippen molar-refractivity contribution >= 4 is 5.91 Å². The predicted octanol–water partition coefficient (Wildman–Crippen LogP) is 3.28.